The zero-order valence-corrected chi connectivity index (χ0v) is 11.1. The lowest BCUT2D eigenvalue weighted by Crippen LogP contribution is -2.09. The Morgan fingerprint density at radius 1 is 1.36 bits per heavy atom. The van der Waals surface area contributed by atoms with E-state index in [1.54, 1.807) is 0 Å². The smallest absolute Gasteiger partial charge is 0.417 e. The largest absolute Gasteiger partial charge is 0.481 e. The molecule has 1 aromatic carbocycles. The molecule has 5 nitrogen and oxygen atoms in total. The van der Waals surface area contributed by atoms with Gasteiger partial charge in [0.05, 0.1) is 35.0 Å². The van der Waals surface area contributed by atoms with Crippen molar-refractivity contribution in [1.82, 2.24) is 9.78 Å². The Balaban J connectivity index is 2.34. The summed E-state index contributed by atoms with van der Waals surface area (Å²) < 4.78 is 39.9. The van der Waals surface area contributed by atoms with Crippen LogP contribution in [0.4, 0.5) is 13.2 Å². The second-order valence-electron chi connectivity index (χ2n) is 4.48. The molecule has 1 aromatic heterocycles. The van der Waals surface area contributed by atoms with Crippen molar-refractivity contribution in [1.29, 1.82) is 5.26 Å². The standard InChI is InChI=1S/C14H10F3N3O2/c15-14(16,17)12-7-11(3-1-9(12)8-18)20-6-5-10(19-20)2-4-13(21)22/h1,3,5-7H,2,4H2,(H,21,22). The van der Waals surface area contributed by atoms with Crippen LogP contribution in [-0.4, -0.2) is 20.9 Å². The van der Waals surface area contributed by atoms with Crippen LogP contribution in [0.5, 0.6) is 0 Å². The number of nitrogens with zero attached hydrogens (tertiary/aromatic N) is 3. The average molecular weight is 309 g/mol. The lowest BCUT2D eigenvalue weighted by atomic mass is 10.1. The van der Waals surface area contributed by atoms with E-state index in [-0.39, 0.29) is 18.5 Å². The van der Waals surface area contributed by atoms with Gasteiger partial charge in [-0.25, -0.2) is 4.68 Å². The van der Waals surface area contributed by atoms with Crippen LogP contribution in [0.15, 0.2) is 30.5 Å². The quantitative estimate of drug-likeness (QED) is 0.942. The number of benzene rings is 1. The molecule has 1 heterocycles. The number of hydrogen-bond acceptors (Lipinski definition) is 3. The van der Waals surface area contributed by atoms with Crippen LogP contribution in [0.1, 0.15) is 23.2 Å². The van der Waals surface area contributed by atoms with Crippen molar-refractivity contribution in [2.24, 2.45) is 0 Å². The van der Waals surface area contributed by atoms with Crippen LogP contribution in [0, 0.1) is 11.3 Å². The van der Waals surface area contributed by atoms with Crippen LogP contribution in [-0.2, 0) is 17.4 Å². The number of nitriles is 1. The van der Waals surface area contributed by atoms with E-state index in [2.05, 4.69) is 5.10 Å². The van der Waals surface area contributed by atoms with Gasteiger partial charge >= 0.3 is 12.1 Å². The Morgan fingerprint density at radius 3 is 2.68 bits per heavy atom. The number of aryl methyl sites for hydroxylation is 1. The first-order valence-corrected chi connectivity index (χ1v) is 6.19. The van der Waals surface area contributed by atoms with Gasteiger partial charge in [-0.1, -0.05) is 0 Å². The molecule has 22 heavy (non-hydrogen) atoms. The maximum Gasteiger partial charge on any atom is 0.417 e. The molecule has 2 aromatic rings. The number of halogens is 3. The summed E-state index contributed by atoms with van der Waals surface area (Å²) in [6.07, 6.45) is -3.12. The Hall–Kier alpha value is -2.82. The molecule has 114 valence electrons. The minimum atomic E-state index is -4.64. The van der Waals surface area contributed by atoms with E-state index in [9.17, 15) is 18.0 Å². The number of hydrogen-bond donors (Lipinski definition) is 1. The first-order valence-electron chi connectivity index (χ1n) is 6.19. The normalized spacial score (nSPS) is 11.2. The van der Waals surface area contributed by atoms with Gasteiger partial charge in [-0.05, 0) is 24.3 Å². The van der Waals surface area contributed by atoms with Crippen molar-refractivity contribution in [2.45, 2.75) is 19.0 Å². The average Bonchev–Trinajstić information content (AvgIpc) is 2.92. The molecule has 0 saturated carbocycles. The summed E-state index contributed by atoms with van der Waals surface area (Å²) in [6, 6.07) is 6.31. The van der Waals surface area contributed by atoms with Gasteiger partial charge in [0, 0.05) is 12.6 Å². The van der Waals surface area contributed by atoms with E-state index in [0.717, 1.165) is 12.1 Å². The lowest BCUT2D eigenvalue weighted by molar-refractivity contribution is -0.138. The fraction of sp³-hybridized carbons (Fsp3) is 0.214. The molecule has 0 amide bonds. The number of carboxylic acids is 1. The fourth-order valence-corrected chi connectivity index (χ4v) is 1.88. The highest BCUT2D eigenvalue weighted by Gasteiger charge is 2.34. The third-order valence-corrected chi connectivity index (χ3v) is 2.93. The molecule has 0 saturated heterocycles. The van der Waals surface area contributed by atoms with E-state index in [0.29, 0.717) is 5.69 Å². The molecule has 8 heteroatoms. The number of aromatic nitrogens is 2. The summed E-state index contributed by atoms with van der Waals surface area (Å²) in [4.78, 5) is 10.5. The summed E-state index contributed by atoms with van der Waals surface area (Å²) in [6.45, 7) is 0. The van der Waals surface area contributed by atoms with Crippen molar-refractivity contribution in [2.75, 3.05) is 0 Å². The summed E-state index contributed by atoms with van der Waals surface area (Å²) >= 11 is 0. The van der Waals surface area contributed by atoms with Gasteiger partial charge in [-0.15, -0.1) is 0 Å². The van der Waals surface area contributed by atoms with Crippen LogP contribution < -0.4 is 0 Å². The van der Waals surface area contributed by atoms with Crippen LogP contribution in [0.2, 0.25) is 0 Å². The van der Waals surface area contributed by atoms with E-state index >= 15 is 0 Å². The van der Waals surface area contributed by atoms with Crippen LogP contribution in [0.25, 0.3) is 5.69 Å². The first-order chi connectivity index (χ1) is 10.3. The van der Waals surface area contributed by atoms with Crippen molar-refractivity contribution < 1.29 is 23.1 Å². The van der Waals surface area contributed by atoms with Gasteiger partial charge < -0.3 is 5.11 Å². The van der Waals surface area contributed by atoms with E-state index in [1.807, 2.05) is 0 Å². The van der Waals surface area contributed by atoms with E-state index < -0.39 is 23.3 Å². The molecule has 1 N–H and O–H groups in total. The Labute approximate surface area is 123 Å². The van der Waals surface area contributed by atoms with E-state index in [4.69, 9.17) is 10.4 Å². The summed E-state index contributed by atoms with van der Waals surface area (Å²) in [5.41, 5.74) is -0.891. The molecule has 0 aliphatic carbocycles. The highest BCUT2D eigenvalue weighted by molar-refractivity contribution is 5.66. The summed E-state index contributed by atoms with van der Waals surface area (Å²) in [5, 5.41) is 21.4. The van der Waals surface area contributed by atoms with Crippen molar-refractivity contribution in [3.63, 3.8) is 0 Å². The zero-order valence-electron chi connectivity index (χ0n) is 11.1. The second kappa shape index (κ2) is 5.89. The van der Waals surface area contributed by atoms with Crippen molar-refractivity contribution >= 4 is 5.97 Å². The monoisotopic (exact) mass is 309 g/mol. The molecular weight excluding hydrogens is 299 g/mol. The van der Waals surface area contributed by atoms with Crippen molar-refractivity contribution in [3.8, 4) is 11.8 Å². The maximum atomic E-state index is 12.9. The summed E-state index contributed by atoms with van der Waals surface area (Å²) in [5.74, 6) is -0.979. The van der Waals surface area contributed by atoms with Gasteiger partial charge in [-0.2, -0.15) is 23.5 Å². The van der Waals surface area contributed by atoms with Gasteiger partial charge in [0.1, 0.15) is 0 Å². The Bertz CT molecular complexity index is 745. The molecule has 0 spiro atoms. The Kier molecular flexibility index (Phi) is 4.17. The lowest BCUT2D eigenvalue weighted by Gasteiger charge is -2.10. The molecule has 0 radical (unpaired) electrons. The highest BCUT2D eigenvalue weighted by atomic mass is 19.4. The number of alkyl halides is 3. The predicted molar refractivity (Wildman–Crippen MR) is 69.2 cm³/mol. The molecule has 0 aliphatic rings. The predicted octanol–water partition coefficient (Wildman–Crippen LogP) is 2.78. The third-order valence-electron chi connectivity index (χ3n) is 2.93. The maximum absolute atomic E-state index is 12.9. The summed E-state index contributed by atoms with van der Waals surface area (Å²) in [7, 11) is 0. The minimum Gasteiger partial charge on any atom is -0.481 e. The topological polar surface area (TPSA) is 78.9 Å². The molecule has 0 fully saturated rings. The first kappa shape index (κ1) is 15.6. The Morgan fingerprint density at radius 2 is 2.09 bits per heavy atom. The molecule has 2 rings (SSSR count). The van der Waals surface area contributed by atoms with Crippen molar-refractivity contribution in [3.05, 3.63) is 47.3 Å². The number of rotatable bonds is 4. The van der Waals surface area contributed by atoms with Crippen LogP contribution in [0.3, 0.4) is 0 Å². The zero-order chi connectivity index (χ0) is 16.3. The van der Waals surface area contributed by atoms with E-state index in [1.165, 1.54) is 29.1 Å². The molecule has 0 unspecified atom stereocenters. The molecular formula is C14H10F3N3O2. The second-order valence-corrected chi connectivity index (χ2v) is 4.48. The number of carbonyl (C=O) groups is 1. The highest BCUT2D eigenvalue weighted by Crippen LogP contribution is 2.33. The fourth-order valence-electron chi connectivity index (χ4n) is 1.88. The molecule has 0 aliphatic heterocycles. The van der Waals surface area contributed by atoms with Gasteiger partial charge in [-0.3, -0.25) is 4.79 Å². The van der Waals surface area contributed by atoms with Gasteiger partial charge in [0.2, 0.25) is 0 Å². The van der Waals surface area contributed by atoms with Gasteiger partial charge in [0.15, 0.2) is 0 Å². The minimum absolute atomic E-state index is 0.113. The molecule has 0 atom stereocenters. The SMILES string of the molecule is N#Cc1ccc(-n2ccc(CCC(=O)O)n2)cc1C(F)(F)F. The van der Waals surface area contributed by atoms with Gasteiger partial charge in [0.25, 0.3) is 0 Å². The van der Waals surface area contributed by atoms with Crippen LogP contribution >= 0.6 is 0 Å². The number of aliphatic carboxylic acids is 1. The number of carboxylic acid groups (broad SMARTS) is 1. The molecule has 0 bridgehead atoms. The third kappa shape index (κ3) is 3.44.